The number of carbonyl (C=O) groups is 2. The van der Waals surface area contributed by atoms with Gasteiger partial charge >= 0.3 is 6.03 Å². The van der Waals surface area contributed by atoms with Crippen molar-refractivity contribution in [3.05, 3.63) is 0 Å². The summed E-state index contributed by atoms with van der Waals surface area (Å²) in [6.07, 6.45) is 1.52. The molecule has 0 saturated carbocycles. The van der Waals surface area contributed by atoms with E-state index in [9.17, 15) is 9.59 Å². The number of carbonyl (C=O) groups excluding carboxylic acids is 2. The molecule has 3 amide bonds. The van der Waals surface area contributed by atoms with Crippen molar-refractivity contribution in [2.24, 2.45) is 5.10 Å². The molecule has 1 aliphatic rings. The van der Waals surface area contributed by atoms with E-state index in [1.54, 1.807) is 38.2 Å². The van der Waals surface area contributed by atoms with Crippen LogP contribution in [0.25, 0.3) is 0 Å². The van der Waals surface area contributed by atoms with Crippen LogP contribution in [0.5, 0.6) is 0 Å². The number of hydrazone groups is 1. The maximum atomic E-state index is 11.8. The summed E-state index contributed by atoms with van der Waals surface area (Å²) in [7, 11) is 8.28. The van der Waals surface area contributed by atoms with Gasteiger partial charge in [-0.2, -0.15) is 5.10 Å². The minimum atomic E-state index is -0.546. The van der Waals surface area contributed by atoms with Crippen LogP contribution in [-0.2, 0) is 4.79 Å². The van der Waals surface area contributed by atoms with E-state index in [0.717, 1.165) is 4.90 Å². The summed E-state index contributed by atoms with van der Waals surface area (Å²) < 4.78 is 0. The van der Waals surface area contributed by atoms with Gasteiger partial charge in [-0.05, 0) is 0 Å². The fourth-order valence-electron chi connectivity index (χ4n) is 1.35. The molecule has 0 aromatic carbocycles. The molecule has 1 fully saturated rings. The summed E-state index contributed by atoms with van der Waals surface area (Å²) in [6, 6.07) is -0.892. The number of rotatable bonds is 2. The van der Waals surface area contributed by atoms with Gasteiger partial charge in [0.2, 0.25) is 0 Å². The third-order valence-corrected chi connectivity index (χ3v) is 2.46. The van der Waals surface area contributed by atoms with Crippen LogP contribution in [-0.4, -0.2) is 79.4 Å². The number of likely N-dealkylation sites (N-methyl/N-ethyl adjacent to an activating group) is 2. The molecular formula is C9H17N5O2. The zero-order chi connectivity index (χ0) is 12.5. The van der Waals surface area contributed by atoms with E-state index in [4.69, 9.17) is 0 Å². The highest BCUT2D eigenvalue weighted by Crippen LogP contribution is 2.12. The Balaban J connectivity index is 2.91. The minimum absolute atomic E-state index is 0.281. The average Bonchev–Trinajstić information content (AvgIpc) is 2.23. The van der Waals surface area contributed by atoms with Crippen LogP contribution in [0.1, 0.15) is 0 Å². The van der Waals surface area contributed by atoms with Crippen LogP contribution in [0.3, 0.4) is 0 Å². The second kappa shape index (κ2) is 4.48. The Morgan fingerprint density at radius 2 is 1.81 bits per heavy atom. The summed E-state index contributed by atoms with van der Waals surface area (Å²) in [6.45, 7) is 0. The topological polar surface area (TPSA) is 59.5 Å². The Bertz CT molecular complexity index is 328. The quantitative estimate of drug-likeness (QED) is 0.461. The van der Waals surface area contributed by atoms with Crippen molar-refractivity contribution in [2.75, 3.05) is 35.2 Å². The Labute approximate surface area is 94.9 Å². The van der Waals surface area contributed by atoms with Gasteiger partial charge < -0.3 is 5.01 Å². The number of imide groups is 1. The number of urea groups is 1. The van der Waals surface area contributed by atoms with Crippen LogP contribution in [0, 0.1) is 0 Å². The maximum absolute atomic E-state index is 11.8. The summed E-state index contributed by atoms with van der Waals surface area (Å²) >= 11 is 0. The molecular weight excluding hydrogens is 210 g/mol. The minimum Gasteiger partial charge on any atom is -0.303 e. The SMILES string of the molecule is CN(C)N=CC1C(=O)N(C)C(=O)N(C)N1C. The molecule has 1 aliphatic heterocycles. The Hall–Kier alpha value is -1.63. The monoisotopic (exact) mass is 227 g/mol. The molecule has 0 aromatic rings. The van der Waals surface area contributed by atoms with Crippen molar-refractivity contribution < 1.29 is 9.59 Å². The first-order chi connectivity index (χ1) is 7.36. The Kier molecular flexibility index (Phi) is 3.48. The molecule has 90 valence electrons. The van der Waals surface area contributed by atoms with Crippen molar-refractivity contribution >= 4 is 18.2 Å². The first kappa shape index (κ1) is 12.4. The highest BCUT2D eigenvalue weighted by Gasteiger charge is 2.38. The predicted octanol–water partition coefficient (Wildman–Crippen LogP) is -0.727. The third-order valence-electron chi connectivity index (χ3n) is 2.46. The number of hydrogen-bond acceptors (Lipinski definition) is 5. The van der Waals surface area contributed by atoms with E-state index < -0.39 is 6.04 Å². The predicted molar refractivity (Wildman–Crippen MR) is 59.7 cm³/mol. The molecule has 0 radical (unpaired) electrons. The Morgan fingerprint density at radius 3 is 2.31 bits per heavy atom. The number of nitrogens with zero attached hydrogens (tertiary/aromatic N) is 5. The number of hydrazine groups is 1. The smallest absolute Gasteiger partial charge is 0.303 e. The second-order valence-electron chi connectivity index (χ2n) is 3.83. The van der Waals surface area contributed by atoms with Gasteiger partial charge in [0.15, 0.2) is 0 Å². The molecule has 0 aromatic heterocycles. The largest absolute Gasteiger partial charge is 0.340 e. The second-order valence-corrected chi connectivity index (χ2v) is 3.83. The highest BCUT2D eigenvalue weighted by atomic mass is 16.2. The van der Waals surface area contributed by atoms with Crippen molar-refractivity contribution in [2.45, 2.75) is 6.04 Å². The van der Waals surface area contributed by atoms with Gasteiger partial charge in [-0.15, -0.1) is 0 Å². The van der Waals surface area contributed by atoms with Crippen LogP contribution < -0.4 is 0 Å². The van der Waals surface area contributed by atoms with Gasteiger partial charge in [-0.1, -0.05) is 0 Å². The van der Waals surface area contributed by atoms with Gasteiger partial charge in [0, 0.05) is 35.2 Å². The van der Waals surface area contributed by atoms with Gasteiger partial charge in [-0.25, -0.2) is 9.80 Å². The molecule has 0 bridgehead atoms. The fraction of sp³-hybridized carbons (Fsp3) is 0.667. The summed E-state index contributed by atoms with van der Waals surface area (Å²) in [4.78, 5) is 24.5. The van der Waals surface area contributed by atoms with Crippen molar-refractivity contribution in [1.82, 2.24) is 19.9 Å². The van der Waals surface area contributed by atoms with Gasteiger partial charge in [0.05, 0.1) is 6.21 Å². The fourth-order valence-corrected chi connectivity index (χ4v) is 1.35. The normalized spacial score (nSPS) is 23.4. The van der Waals surface area contributed by atoms with Crippen LogP contribution in [0.4, 0.5) is 4.79 Å². The van der Waals surface area contributed by atoms with Crippen molar-refractivity contribution in [3.63, 3.8) is 0 Å². The standard InChI is InChI=1S/C9H17N5O2/c1-11(2)10-6-7-8(15)12(3)9(16)14(5)13(7)4/h6-7H,1-5H3. The lowest BCUT2D eigenvalue weighted by Gasteiger charge is -2.40. The molecule has 7 nitrogen and oxygen atoms in total. The highest BCUT2D eigenvalue weighted by molar-refractivity contribution is 6.06. The lowest BCUT2D eigenvalue weighted by atomic mass is 10.2. The molecule has 1 saturated heterocycles. The number of amides is 3. The lowest BCUT2D eigenvalue weighted by Crippen LogP contribution is -2.64. The summed E-state index contributed by atoms with van der Waals surface area (Å²) in [5.74, 6) is -0.281. The van der Waals surface area contributed by atoms with E-state index in [1.165, 1.54) is 18.3 Å². The molecule has 0 aliphatic carbocycles. The third kappa shape index (κ3) is 2.13. The molecule has 1 unspecified atom stereocenters. The molecule has 7 heteroatoms. The molecule has 1 heterocycles. The number of hydrogen-bond donors (Lipinski definition) is 0. The van der Waals surface area contributed by atoms with E-state index in [2.05, 4.69) is 5.10 Å². The van der Waals surface area contributed by atoms with Crippen LogP contribution in [0.15, 0.2) is 5.10 Å². The summed E-state index contributed by atoms with van der Waals surface area (Å²) in [5, 5.41) is 8.55. The zero-order valence-electron chi connectivity index (χ0n) is 10.2. The van der Waals surface area contributed by atoms with Gasteiger partial charge in [0.1, 0.15) is 6.04 Å². The Morgan fingerprint density at radius 1 is 1.25 bits per heavy atom. The van der Waals surface area contributed by atoms with E-state index in [0.29, 0.717) is 0 Å². The molecule has 16 heavy (non-hydrogen) atoms. The summed E-state index contributed by atoms with van der Waals surface area (Å²) in [5.41, 5.74) is 0. The molecule has 1 atom stereocenters. The zero-order valence-corrected chi connectivity index (χ0v) is 10.2. The van der Waals surface area contributed by atoms with Crippen molar-refractivity contribution in [3.8, 4) is 0 Å². The van der Waals surface area contributed by atoms with Gasteiger partial charge in [-0.3, -0.25) is 14.7 Å². The van der Waals surface area contributed by atoms with Crippen LogP contribution >= 0.6 is 0 Å². The molecule has 0 N–H and O–H groups in total. The first-order valence-electron chi connectivity index (χ1n) is 4.85. The van der Waals surface area contributed by atoms with E-state index >= 15 is 0 Å². The van der Waals surface area contributed by atoms with Crippen LogP contribution in [0.2, 0.25) is 0 Å². The lowest BCUT2D eigenvalue weighted by molar-refractivity contribution is -0.140. The van der Waals surface area contributed by atoms with Crippen molar-refractivity contribution in [1.29, 1.82) is 0 Å². The first-order valence-corrected chi connectivity index (χ1v) is 4.85. The molecule has 1 rings (SSSR count). The van der Waals surface area contributed by atoms with E-state index in [1.807, 2.05) is 0 Å². The average molecular weight is 227 g/mol. The maximum Gasteiger partial charge on any atom is 0.340 e. The van der Waals surface area contributed by atoms with Gasteiger partial charge in [0.25, 0.3) is 5.91 Å². The van der Waals surface area contributed by atoms with E-state index in [-0.39, 0.29) is 11.9 Å². The molecule has 0 spiro atoms.